The maximum absolute atomic E-state index is 5.40. The third-order valence-corrected chi connectivity index (χ3v) is 3.13. The summed E-state index contributed by atoms with van der Waals surface area (Å²) in [5.74, 6) is 3.41. The van der Waals surface area contributed by atoms with Crippen molar-refractivity contribution in [1.82, 2.24) is 10.2 Å². The molecule has 0 aromatic rings. The summed E-state index contributed by atoms with van der Waals surface area (Å²) >= 11 is 0. The Kier molecular flexibility index (Phi) is 5.14. The van der Waals surface area contributed by atoms with Gasteiger partial charge in [0.1, 0.15) is 0 Å². The van der Waals surface area contributed by atoms with Crippen LogP contribution >= 0.6 is 0 Å². The number of hydrogen-bond acceptors (Lipinski definition) is 2. The van der Waals surface area contributed by atoms with Crippen LogP contribution in [0.4, 0.5) is 0 Å². The van der Waals surface area contributed by atoms with E-state index in [1.54, 1.807) is 0 Å². The van der Waals surface area contributed by atoms with Crippen LogP contribution in [0.15, 0.2) is 0 Å². The fraction of sp³-hybridized carbons (Fsp3) is 0.846. The number of hydrogen-bond donors (Lipinski definition) is 1. The summed E-state index contributed by atoms with van der Waals surface area (Å²) in [6.45, 7) is 9.63. The van der Waals surface area contributed by atoms with Crippen LogP contribution < -0.4 is 5.32 Å². The molecule has 2 nitrogen and oxygen atoms in total. The van der Waals surface area contributed by atoms with Gasteiger partial charge < -0.3 is 5.32 Å². The molecule has 1 fully saturated rings. The standard InChI is InChI=1S/C13H24N2/c1-5-9-15(6-2)13(11(3)4)10-14-12-7-8-12/h1,11-14H,6-10H2,2-4H3. The normalized spacial score (nSPS) is 18.1. The smallest absolute Gasteiger partial charge is 0.0601 e. The molecule has 1 rings (SSSR count). The van der Waals surface area contributed by atoms with Crippen molar-refractivity contribution in [3.8, 4) is 12.3 Å². The van der Waals surface area contributed by atoms with Gasteiger partial charge in [0, 0.05) is 18.6 Å². The molecular formula is C13H24N2. The van der Waals surface area contributed by atoms with Gasteiger partial charge in [0.05, 0.1) is 6.54 Å². The van der Waals surface area contributed by atoms with Crippen LogP contribution in [0.5, 0.6) is 0 Å². The van der Waals surface area contributed by atoms with Crippen LogP contribution in [0.1, 0.15) is 33.6 Å². The molecule has 0 aliphatic heterocycles. The predicted molar refractivity (Wildman–Crippen MR) is 65.7 cm³/mol. The summed E-state index contributed by atoms with van der Waals surface area (Å²) in [4.78, 5) is 2.39. The maximum Gasteiger partial charge on any atom is 0.0601 e. The summed E-state index contributed by atoms with van der Waals surface area (Å²) in [6, 6.07) is 1.36. The molecule has 1 unspecified atom stereocenters. The van der Waals surface area contributed by atoms with Crippen molar-refractivity contribution in [2.75, 3.05) is 19.6 Å². The molecule has 15 heavy (non-hydrogen) atoms. The molecule has 0 bridgehead atoms. The first-order valence-corrected chi connectivity index (χ1v) is 6.09. The summed E-state index contributed by atoms with van der Waals surface area (Å²) in [6.07, 6.45) is 8.11. The first-order valence-electron chi connectivity index (χ1n) is 6.09. The molecule has 1 atom stereocenters. The van der Waals surface area contributed by atoms with E-state index < -0.39 is 0 Å². The van der Waals surface area contributed by atoms with E-state index in [4.69, 9.17) is 6.42 Å². The molecule has 86 valence electrons. The van der Waals surface area contributed by atoms with Crippen molar-refractivity contribution < 1.29 is 0 Å². The Morgan fingerprint density at radius 3 is 2.53 bits per heavy atom. The zero-order valence-corrected chi connectivity index (χ0v) is 10.3. The second kappa shape index (κ2) is 6.15. The average molecular weight is 208 g/mol. The summed E-state index contributed by atoms with van der Waals surface area (Å²) < 4.78 is 0. The van der Waals surface area contributed by atoms with Crippen molar-refractivity contribution in [3.05, 3.63) is 0 Å². The first-order chi connectivity index (χ1) is 7.19. The van der Waals surface area contributed by atoms with Gasteiger partial charge in [-0.05, 0) is 25.3 Å². The lowest BCUT2D eigenvalue weighted by atomic mass is 10.0. The molecule has 0 radical (unpaired) electrons. The van der Waals surface area contributed by atoms with Crippen molar-refractivity contribution in [2.24, 2.45) is 5.92 Å². The Labute approximate surface area is 94.4 Å². The third kappa shape index (κ3) is 4.24. The maximum atomic E-state index is 5.40. The molecule has 0 saturated heterocycles. The lowest BCUT2D eigenvalue weighted by Gasteiger charge is -2.32. The van der Waals surface area contributed by atoms with Gasteiger partial charge in [-0.3, -0.25) is 4.90 Å². The quantitative estimate of drug-likeness (QED) is 0.641. The Morgan fingerprint density at radius 2 is 2.13 bits per heavy atom. The molecule has 1 N–H and O–H groups in total. The summed E-state index contributed by atoms with van der Waals surface area (Å²) in [5.41, 5.74) is 0. The van der Waals surface area contributed by atoms with E-state index in [2.05, 4.69) is 36.9 Å². The third-order valence-electron chi connectivity index (χ3n) is 3.13. The van der Waals surface area contributed by atoms with Crippen LogP contribution in [-0.2, 0) is 0 Å². The fourth-order valence-electron chi connectivity index (χ4n) is 1.94. The first kappa shape index (κ1) is 12.5. The van der Waals surface area contributed by atoms with E-state index in [1.807, 2.05) is 0 Å². The van der Waals surface area contributed by atoms with Gasteiger partial charge in [-0.2, -0.15) is 0 Å². The van der Waals surface area contributed by atoms with Gasteiger partial charge in [-0.1, -0.05) is 26.7 Å². The highest BCUT2D eigenvalue weighted by Crippen LogP contribution is 2.19. The number of nitrogens with one attached hydrogen (secondary N) is 1. The topological polar surface area (TPSA) is 15.3 Å². The fourth-order valence-corrected chi connectivity index (χ4v) is 1.94. The molecule has 1 saturated carbocycles. The van der Waals surface area contributed by atoms with E-state index >= 15 is 0 Å². The number of rotatable bonds is 7. The monoisotopic (exact) mass is 208 g/mol. The number of nitrogens with zero attached hydrogens (tertiary/aromatic N) is 1. The molecule has 0 aromatic heterocycles. The Morgan fingerprint density at radius 1 is 1.47 bits per heavy atom. The van der Waals surface area contributed by atoms with Crippen molar-refractivity contribution in [3.63, 3.8) is 0 Å². The molecule has 0 spiro atoms. The Hall–Kier alpha value is -0.520. The zero-order chi connectivity index (χ0) is 11.3. The van der Waals surface area contributed by atoms with Crippen LogP contribution in [0.2, 0.25) is 0 Å². The van der Waals surface area contributed by atoms with E-state index in [-0.39, 0.29) is 0 Å². The lowest BCUT2D eigenvalue weighted by molar-refractivity contribution is 0.178. The number of likely N-dealkylation sites (N-methyl/N-ethyl adjacent to an activating group) is 1. The molecule has 1 aliphatic carbocycles. The minimum atomic E-state index is 0.576. The van der Waals surface area contributed by atoms with E-state index in [1.165, 1.54) is 12.8 Å². The van der Waals surface area contributed by atoms with Gasteiger partial charge in [-0.15, -0.1) is 6.42 Å². The van der Waals surface area contributed by atoms with Crippen LogP contribution in [0.3, 0.4) is 0 Å². The molecule has 0 aromatic carbocycles. The van der Waals surface area contributed by atoms with E-state index in [0.29, 0.717) is 12.0 Å². The van der Waals surface area contributed by atoms with Gasteiger partial charge in [0.2, 0.25) is 0 Å². The van der Waals surface area contributed by atoms with Gasteiger partial charge in [0.25, 0.3) is 0 Å². The number of terminal acetylenes is 1. The van der Waals surface area contributed by atoms with Crippen LogP contribution in [0, 0.1) is 18.3 Å². The summed E-state index contributed by atoms with van der Waals surface area (Å²) in [7, 11) is 0. The van der Waals surface area contributed by atoms with E-state index in [9.17, 15) is 0 Å². The zero-order valence-electron chi connectivity index (χ0n) is 10.3. The van der Waals surface area contributed by atoms with Gasteiger partial charge in [0.15, 0.2) is 0 Å². The Balaban J connectivity index is 2.41. The second-order valence-corrected chi connectivity index (χ2v) is 4.76. The summed E-state index contributed by atoms with van der Waals surface area (Å²) in [5, 5.41) is 3.60. The highest BCUT2D eigenvalue weighted by molar-refractivity contribution is 4.92. The molecule has 1 aliphatic rings. The van der Waals surface area contributed by atoms with Crippen molar-refractivity contribution in [1.29, 1.82) is 0 Å². The highest BCUT2D eigenvalue weighted by Gasteiger charge is 2.25. The molecule has 0 amide bonds. The molecular weight excluding hydrogens is 184 g/mol. The van der Waals surface area contributed by atoms with Gasteiger partial charge in [-0.25, -0.2) is 0 Å². The largest absolute Gasteiger partial charge is 0.312 e. The molecule has 0 heterocycles. The minimum absolute atomic E-state index is 0.576. The molecule has 2 heteroatoms. The van der Waals surface area contributed by atoms with Crippen molar-refractivity contribution in [2.45, 2.75) is 45.7 Å². The highest BCUT2D eigenvalue weighted by atomic mass is 15.2. The van der Waals surface area contributed by atoms with Gasteiger partial charge >= 0.3 is 0 Å². The predicted octanol–water partition coefficient (Wildman–Crippen LogP) is 1.72. The van der Waals surface area contributed by atoms with E-state index in [0.717, 1.165) is 25.7 Å². The Bertz CT molecular complexity index is 213. The minimum Gasteiger partial charge on any atom is -0.312 e. The van der Waals surface area contributed by atoms with Crippen molar-refractivity contribution >= 4 is 0 Å². The second-order valence-electron chi connectivity index (χ2n) is 4.76. The lowest BCUT2D eigenvalue weighted by Crippen LogP contribution is -2.46. The van der Waals surface area contributed by atoms with Crippen LogP contribution in [-0.4, -0.2) is 36.6 Å². The average Bonchev–Trinajstić information content (AvgIpc) is 2.99. The van der Waals surface area contributed by atoms with Crippen LogP contribution in [0.25, 0.3) is 0 Å². The SMILES string of the molecule is C#CCN(CC)C(CNC1CC1)C(C)C.